The van der Waals surface area contributed by atoms with Gasteiger partial charge in [-0.2, -0.15) is 0 Å². The van der Waals surface area contributed by atoms with E-state index in [9.17, 15) is 9.59 Å². The van der Waals surface area contributed by atoms with Crippen molar-refractivity contribution in [2.45, 2.75) is 6.92 Å². The first-order chi connectivity index (χ1) is 13.5. The quantitative estimate of drug-likeness (QED) is 0.605. The van der Waals surface area contributed by atoms with E-state index >= 15 is 0 Å². The highest BCUT2D eigenvalue weighted by Gasteiger charge is 2.11. The summed E-state index contributed by atoms with van der Waals surface area (Å²) in [6.07, 6.45) is 1.53. The van der Waals surface area contributed by atoms with E-state index in [0.717, 1.165) is 5.56 Å². The molecule has 0 saturated heterocycles. The van der Waals surface area contributed by atoms with Gasteiger partial charge in [0.05, 0.1) is 12.7 Å². The van der Waals surface area contributed by atoms with Crippen LogP contribution < -0.4 is 10.6 Å². The number of carbonyl (C=O) groups excluding carboxylic acids is 2. The van der Waals surface area contributed by atoms with E-state index in [1.54, 1.807) is 48.5 Å². The third kappa shape index (κ3) is 4.66. The van der Waals surface area contributed by atoms with Crippen molar-refractivity contribution in [3.05, 3.63) is 82.5 Å². The highest BCUT2D eigenvalue weighted by molar-refractivity contribution is 6.31. The SMILES string of the molecule is COC(=O)c1cccc(Nc2cc(C(=O)Nc3cc(Cl)ccc3C)ccn2)c1. The van der Waals surface area contributed by atoms with Crippen LogP contribution in [0.3, 0.4) is 0 Å². The summed E-state index contributed by atoms with van der Waals surface area (Å²) in [4.78, 5) is 28.5. The Hall–Kier alpha value is -3.38. The van der Waals surface area contributed by atoms with Crippen molar-refractivity contribution in [1.29, 1.82) is 0 Å². The Morgan fingerprint density at radius 3 is 2.64 bits per heavy atom. The van der Waals surface area contributed by atoms with Gasteiger partial charge in [0, 0.05) is 28.2 Å². The van der Waals surface area contributed by atoms with Crippen molar-refractivity contribution in [2.24, 2.45) is 0 Å². The molecule has 2 N–H and O–H groups in total. The van der Waals surface area contributed by atoms with Gasteiger partial charge in [-0.1, -0.05) is 23.7 Å². The van der Waals surface area contributed by atoms with Crippen LogP contribution in [0.2, 0.25) is 5.02 Å². The molecule has 0 saturated carbocycles. The van der Waals surface area contributed by atoms with Gasteiger partial charge in [-0.15, -0.1) is 0 Å². The summed E-state index contributed by atoms with van der Waals surface area (Å²) in [5.41, 5.74) is 3.05. The summed E-state index contributed by atoms with van der Waals surface area (Å²) in [5, 5.41) is 6.48. The number of pyridine rings is 1. The number of esters is 1. The Balaban J connectivity index is 1.78. The molecule has 0 unspecified atom stereocenters. The lowest BCUT2D eigenvalue weighted by Crippen LogP contribution is -2.13. The fourth-order valence-corrected chi connectivity index (χ4v) is 2.73. The molecule has 3 aromatic rings. The van der Waals surface area contributed by atoms with Crippen LogP contribution in [0, 0.1) is 6.92 Å². The number of halogens is 1. The van der Waals surface area contributed by atoms with Crippen LogP contribution in [0.4, 0.5) is 17.2 Å². The molecule has 3 rings (SSSR count). The van der Waals surface area contributed by atoms with Gasteiger partial charge in [-0.3, -0.25) is 4.79 Å². The molecule has 0 fully saturated rings. The molecule has 7 heteroatoms. The van der Waals surface area contributed by atoms with Crippen molar-refractivity contribution in [2.75, 3.05) is 17.7 Å². The molecule has 0 radical (unpaired) electrons. The van der Waals surface area contributed by atoms with E-state index in [0.29, 0.717) is 33.3 Å². The third-order valence-corrected chi connectivity index (χ3v) is 4.26. The number of amides is 1. The monoisotopic (exact) mass is 395 g/mol. The molecule has 0 aliphatic rings. The average molecular weight is 396 g/mol. The molecule has 1 aromatic heterocycles. The molecule has 0 aliphatic heterocycles. The third-order valence-electron chi connectivity index (χ3n) is 4.03. The van der Waals surface area contributed by atoms with E-state index in [-0.39, 0.29) is 5.91 Å². The maximum Gasteiger partial charge on any atom is 0.337 e. The Kier molecular flexibility index (Phi) is 5.91. The van der Waals surface area contributed by atoms with E-state index < -0.39 is 5.97 Å². The van der Waals surface area contributed by atoms with Gasteiger partial charge in [-0.05, 0) is 55.0 Å². The molecular weight excluding hydrogens is 378 g/mol. The molecule has 0 spiro atoms. The molecule has 6 nitrogen and oxygen atoms in total. The van der Waals surface area contributed by atoms with Crippen LogP contribution in [0.15, 0.2) is 60.8 Å². The Morgan fingerprint density at radius 2 is 1.86 bits per heavy atom. The Labute approximate surface area is 167 Å². The number of hydrogen-bond donors (Lipinski definition) is 2. The number of nitrogens with zero attached hydrogens (tertiary/aromatic N) is 1. The van der Waals surface area contributed by atoms with Crippen molar-refractivity contribution in [1.82, 2.24) is 4.98 Å². The Morgan fingerprint density at radius 1 is 1.04 bits per heavy atom. The maximum atomic E-state index is 12.6. The lowest BCUT2D eigenvalue weighted by molar-refractivity contribution is 0.0600. The lowest BCUT2D eigenvalue weighted by Gasteiger charge is -2.11. The van der Waals surface area contributed by atoms with Gasteiger partial charge in [0.2, 0.25) is 0 Å². The van der Waals surface area contributed by atoms with Crippen molar-refractivity contribution in [3.8, 4) is 0 Å². The second kappa shape index (κ2) is 8.54. The number of hydrogen-bond acceptors (Lipinski definition) is 5. The number of rotatable bonds is 5. The van der Waals surface area contributed by atoms with Crippen molar-refractivity contribution < 1.29 is 14.3 Å². The molecule has 0 atom stereocenters. The van der Waals surface area contributed by atoms with E-state index in [2.05, 4.69) is 15.6 Å². The fourth-order valence-electron chi connectivity index (χ4n) is 2.55. The second-order valence-electron chi connectivity index (χ2n) is 6.04. The zero-order valence-electron chi connectivity index (χ0n) is 15.3. The highest BCUT2D eigenvalue weighted by Crippen LogP contribution is 2.22. The standard InChI is InChI=1S/C21H18ClN3O3/c1-13-6-7-16(22)12-18(13)25-20(26)14-8-9-23-19(11-14)24-17-5-3-4-15(10-17)21(27)28-2/h3-12H,1-2H3,(H,23,24)(H,25,26). The van der Waals surface area contributed by atoms with Gasteiger partial charge >= 0.3 is 5.97 Å². The molecule has 28 heavy (non-hydrogen) atoms. The number of ether oxygens (including phenoxy) is 1. The number of nitrogens with one attached hydrogen (secondary N) is 2. The number of carbonyl (C=O) groups is 2. The van der Waals surface area contributed by atoms with Crippen LogP contribution in [-0.2, 0) is 4.74 Å². The summed E-state index contributed by atoms with van der Waals surface area (Å²) in [7, 11) is 1.33. The fraction of sp³-hybridized carbons (Fsp3) is 0.0952. The van der Waals surface area contributed by atoms with Crippen molar-refractivity contribution >= 4 is 40.7 Å². The van der Waals surface area contributed by atoms with Crippen LogP contribution >= 0.6 is 11.6 Å². The molecule has 2 aromatic carbocycles. The number of aryl methyl sites for hydroxylation is 1. The summed E-state index contributed by atoms with van der Waals surface area (Å²) in [5.74, 6) is -0.238. The lowest BCUT2D eigenvalue weighted by atomic mass is 10.1. The summed E-state index contributed by atoms with van der Waals surface area (Å²) >= 11 is 6.00. The van der Waals surface area contributed by atoms with Gasteiger partial charge in [0.1, 0.15) is 5.82 Å². The molecule has 1 heterocycles. The maximum absolute atomic E-state index is 12.6. The topological polar surface area (TPSA) is 80.3 Å². The minimum absolute atomic E-state index is 0.279. The zero-order valence-corrected chi connectivity index (χ0v) is 16.1. The number of anilines is 3. The van der Waals surface area contributed by atoms with Crippen LogP contribution in [0.5, 0.6) is 0 Å². The van der Waals surface area contributed by atoms with Gasteiger partial charge in [0.15, 0.2) is 0 Å². The second-order valence-corrected chi connectivity index (χ2v) is 6.48. The minimum Gasteiger partial charge on any atom is -0.465 e. The molecular formula is C21H18ClN3O3. The summed E-state index contributed by atoms with van der Waals surface area (Å²) < 4.78 is 4.72. The van der Waals surface area contributed by atoms with Gasteiger partial charge < -0.3 is 15.4 Å². The first kappa shape index (κ1) is 19.4. The zero-order chi connectivity index (χ0) is 20.1. The number of benzene rings is 2. The molecule has 1 amide bonds. The van der Waals surface area contributed by atoms with E-state index in [4.69, 9.17) is 16.3 Å². The highest BCUT2D eigenvalue weighted by atomic mass is 35.5. The molecule has 0 bridgehead atoms. The van der Waals surface area contributed by atoms with Crippen LogP contribution in [0.25, 0.3) is 0 Å². The van der Waals surface area contributed by atoms with Crippen molar-refractivity contribution in [3.63, 3.8) is 0 Å². The average Bonchev–Trinajstić information content (AvgIpc) is 2.70. The van der Waals surface area contributed by atoms with Crippen LogP contribution in [-0.4, -0.2) is 24.0 Å². The minimum atomic E-state index is -0.429. The molecule has 0 aliphatic carbocycles. The number of methoxy groups -OCH3 is 1. The van der Waals surface area contributed by atoms with Gasteiger partial charge in [-0.25, -0.2) is 9.78 Å². The Bertz CT molecular complexity index is 1040. The first-order valence-corrected chi connectivity index (χ1v) is 8.83. The predicted octanol–water partition coefficient (Wildman–Crippen LogP) is 4.83. The predicted molar refractivity (Wildman–Crippen MR) is 109 cm³/mol. The van der Waals surface area contributed by atoms with Gasteiger partial charge in [0.25, 0.3) is 5.91 Å². The van der Waals surface area contributed by atoms with E-state index in [1.165, 1.54) is 13.3 Å². The smallest absolute Gasteiger partial charge is 0.337 e. The van der Waals surface area contributed by atoms with Crippen LogP contribution in [0.1, 0.15) is 26.3 Å². The molecule has 142 valence electrons. The summed E-state index contributed by atoms with van der Waals surface area (Å²) in [6.45, 7) is 1.89. The normalized spacial score (nSPS) is 10.2. The largest absolute Gasteiger partial charge is 0.465 e. The number of aromatic nitrogens is 1. The summed E-state index contributed by atoms with van der Waals surface area (Å²) in [6, 6.07) is 15.4. The van der Waals surface area contributed by atoms with E-state index in [1.807, 2.05) is 13.0 Å². The first-order valence-electron chi connectivity index (χ1n) is 8.45.